The zero-order chi connectivity index (χ0) is 24.6. The Morgan fingerprint density at radius 2 is 1.91 bits per heavy atom. The first-order valence-corrected chi connectivity index (χ1v) is 12.4. The Balaban J connectivity index is 1.71. The highest BCUT2D eigenvalue weighted by molar-refractivity contribution is 7.92. The number of hydrogen-bond donors (Lipinski definition) is 3. The molecule has 0 bridgehead atoms. The van der Waals surface area contributed by atoms with E-state index in [1.54, 1.807) is 18.2 Å². The molecule has 0 fully saturated rings. The molecule has 3 aromatic rings. The van der Waals surface area contributed by atoms with Gasteiger partial charge in [0.15, 0.2) is 5.11 Å². The molecule has 1 heterocycles. The number of carbonyl (C=O) groups is 1. The number of nitrogens with one attached hydrogen (secondary N) is 3. The highest BCUT2D eigenvalue weighted by Crippen LogP contribution is 2.25. The van der Waals surface area contributed by atoms with Crippen LogP contribution < -0.4 is 20.1 Å². The van der Waals surface area contributed by atoms with Gasteiger partial charge >= 0.3 is 0 Å². The van der Waals surface area contributed by atoms with Gasteiger partial charge < -0.3 is 20.1 Å². The maximum atomic E-state index is 12.9. The number of ether oxygens (including phenoxy) is 2. The number of carbonyl (C=O) groups excluding carboxylic acids is 1. The number of aromatic nitrogens is 1. The Morgan fingerprint density at radius 1 is 1.12 bits per heavy atom. The molecule has 180 valence electrons. The molecule has 0 radical (unpaired) electrons. The van der Waals surface area contributed by atoms with Gasteiger partial charge in [-0.15, -0.1) is 0 Å². The van der Waals surface area contributed by atoms with Crippen LogP contribution in [-0.4, -0.2) is 58.3 Å². The van der Waals surface area contributed by atoms with Crippen LogP contribution in [0.4, 0.5) is 0 Å². The number of para-hydroxylation sites is 1. The Bertz CT molecular complexity index is 1280. The normalized spacial score (nSPS) is 11.1. The summed E-state index contributed by atoms with van der Waals surface area (Å²) in [5.41, 5.74) is 1.97. The van der Waals surface area contributed by atoms with Crippen LogP contribution in [-0.2, 0) is 21.2 Å². The minimum absolute atomic E-state index is 0.0375. The first-order chi connectivity index (χ1) is 16.3. The van der Waals surface area contributed by atoms with Crippen molar-refractivity contribution < 1.29 is 22.7 Å². The lowest BCUT2D eigenvalue weighted by molar-refractivity contribution is 0.0954. The molecule has 0 spiro atoms. The highest BCUT2D eigenvalue weighted by atomic mass is 32.2. The van der Waals surface area contributed by atoms with E-state index in [9.17, 15) is 13.2 Å². The molecule has 34 heavy (non-hydrogen) atoms. The van der Waals surface area contributed by atoms with Crippen LogP contribution in [0.15, 0.2) is 59.6 Å². The SMILES string of the molecule is CNC(=S)NS(=O)(=O)c1cc(CCNC(=O)c2cnc3ccccc3c2)ccc1OCCOC. The van der Waals surface area contributed by atoms with E-state index in [1.807, 2.05) is 24.3 Å². The molecule has 0 saturated carbocycles. The summed E-state index contributed by atoms with van der Waals surface area (Å²) in [5.74, 6) is -0.0786. The van der Waals surface area contributed by atoms with E-state index in [0.717, 1.165) is 10.9 Å². The van der Waals surface area contributed by atoms with E-state index >= 15 is 0 Å². The van der Waals surface area contributed by atoms with Crippen molar-refractivity contribution >= 4 is 44.2 Å². The van der Waals surface area contributed by atoms with Crippen molar-refractivity contribution in [1.29, 1.82) is 0 Å². The summed E-state index contributed by atoms with van der Waals surface area (Å²) in [6.07, 6.45) is 1.94. The van der Waals surface area contributed by atoms with E-state index in [2.05, 4.69) is 20.3 Å². The van der Waals surface area contributed by atoms with Crippen molar-refractivity contribution in [2.45, 2.75) is 11.3 Å². The molecule has 0 saturated heterocycles. The number of pyridine rings is 1. The quantitative estimate of drug-likeness (QED) is 0.285. The Labute approximate surface area is 203 Å². The highest BCUT2D eigenvalue weighted by Gasteiger charge is 2.21. The van der Waals surface area contributed by atoms with Crippen LogP contribution in [0.25, 0.3) is 10.9 Å². The molecule has 1 aromatic heterocycles. The second-order valence-electron chi connectivity index (χ2n) is 7.23. The standard InChI is InChI=1S/C23H26N4O5S2/c1-24-23(33)27-34(29,30)21-13-16(7-8-20(21)32-12-11-31-2)9-10-25-22(28)18-14-17-5-3-4-6-19(17)26-15-18/h3-8,13-15H,9-12H2,1-2H3,(H,25,28)(H2,24,27,33). The van der Waals surface area contributed by atoms with Gasteiger partial charge in [0.1, 0.15) is 17.3 Å². The van der Waals surface area contributed by atoms with Crippen molar-refractivity contribution in [2.75, 3.05) is 33.9 Å². The third-order valence-corrected chi connectivity index (χ3v) is 6.65. The van der Waals surface area contributed by atoms with Gasteiger partial charge in [-0.25, -0.2) is 8.42 Å². The van der Waals surface area contributed by atoms with Gasteiger partial charge in [0, 0.05) is 32.3 Å². The summed E-state index contributed by atoms with van der Waals surface area (Å²) < 4.78 is 38.6. The van der Waals surface area contributed by atoms with E-state index in [-0.39, 0.29) is 28.3 Å². The molecule has 0 aliphatic heterocycles. The zero-order valence-corrected chi connectivity index (χ0v) is 20.5. The maximum Gasteiger partial charge on any atom is 0.267 e. The molecular weight excluding hydrogens is 476 g/mol. The average molecular weight is 503 g/mol. The van der Waals surface area contributed by atoms with Crippen LogP contribution >= 0.6 is 12.2 Å². The lowest BCUT2D eigenvalue weighted by atomic mass is 10.1. The van der Waals surface area contributed by atoms with E-state index < -0.39 is 10.0 Å². The summed E-state index contributed by atoms with van der Waals surface area (Å²) in [7, 11) is -0.936. The predicted octanol–water partition coefficient (Wildman–Crippen LogP) is 2.02. The first kappa shape index (κ1) is 25.3. The van der Waals surface area contributed by atoms with E-state index in [1.165, 1.54) is 26.4 Å². The van der Waals surface area contributed by atoms with Crippen LogP contribution in [0.5, 0.6) is 5.75 Å². The van der Waals surface area contributed by atoms with Gasteiger partial charge in [-0.05, 0) is 48.5 Å². The van der Waals surface area contributed by atoms with Crippen LogP contribution in [0, 0.1) is 0 Å². The minimum atomic E-state index is -3.98. The zero-order valence-electron chi connectivity index (χ0n) is 18.8. The Kier molecular flexibility index (Phi) is 8.74. The molecular formula is C23H26N4O5S2. The third kappa shape index (κ3) is 6.62. The van der Waals surface area contributed by atoms with Crippen molar-refractivity contribution in [3.63, 3.8) is 0 Å². The average Bonchev–Trinajstić information content (AvgIpc) is 2.84. The van der Waals surface area contributed by atoms with E-state index in [0.29, 0.717) is 30.7 Å². The van der Waals surface area contributed by atoms with Gasteiger partial charge in [0.25, 0.3) is 15.9 Å². The molecule has 1 amide bonds. The van der Waals surface area contributed by atoms with Crippen LogP contribution in [0.1, 0.15) is 15.9 Å². The Morgan fingerprint density at radius 3 is 2.68 bits per heavy atom. The summed E-state index contributed by atoms with van der Waals surface area (Å²) in [4.78, 5) is 16.8. The molecule has 2 aromatic carbocycles. The number of methoxy groups -OCH3 is 1. The van der Waals surface area contributed by atoms with Gasteiger partial charge in [0.05, 0.1) is 17.7 Å². The monoisotopic (exact) mass is 502 g/mol. The fraction of sp³-hybridized carbons (Fsp3) is 0.261. The van der Waals surface area contributed by atoms with Crippen molar-refractivity contribution in [3.05, 3.63) is 65.9 Å². The number of rotatable bonds is 10. The first-order valence-electron chi connectivity index (χ1n) is 10.5. The van der Waals surface area contributed by atoms with Crippen molar-refractivity contribution in [1.82, 2.24) is 20.3 Å². The summed E-state index contributed by atoms with van der Waals surface area (Å²) >= 11 is 4.95. The van der Waals surface area contributed by atoms with Crippen LogP contribution in [0.3, 0.4) is 0 Å². The fourth-order valence-corrected chi connectivity index (χ4v) is 4.60. The topological polar surface area (TPSA) is 119 Å². The predicted molar refractivity (Wildman–Crippen MR) is 134 cm³/mol. The molecule has 0 aliphatic carbocycles. The lowest BCUT2D eigenvalue weighted by Gasteiger charge is -2.15. The number of benzene rings is 2. The van der Waals surface area contributed by atoms with Gasteiger partial charge in [0.2, 0.25) is 0 Å². The summed E-state index contributed by atoms with van der Waals surface area (Å²) in [6, 6.07) is 14.2. The molecule has 3 rings (SSSR count). The van der Waals surface area contributed by atoms with Crippen molar-refractivity contribution in [3.8, 4) is 5.75 Å². The number of nitrogens with zero attached hydrogens (tertiary/aromatic N) is 1. The molecule has 0 aliphatic rings. The summed E-state index contributed by atoms with van der Waals surface area (Å²) in [6.45, 7) is 0.793. The Hall–Kier alpha value is -3.28. The molecule has 11 heteroatoms. The molecule has 0 atom stereocenters. The number of hydrogen-bond acceptors (Lipinski definition) is 7. The smallest absolute Gasteiger partial charge is 0.267 e. The molecule has 3 N–H and O–H groups in total. The van der Waals surface area contributed by atoms with Gasteiger partial charge in [-0.2, -0.15) is 0 Å². The molecule has 0 unspecified atom stereocenters. The minimum Gasteiger partial charge on any atom is -0.490 e. The number of fused-ring (bicyclic) bond motifs is 1. The van der Waals surface area contributed by atoms with Crippen molar-refractivity contribution in [2.24, 2.45) is 0 Å². The maximum absolute atomic E-state index is 12.9. The van der Waals surface area contributed by atoms with E-state index in [4.69, 9.17) is 21.7 Å². The molecule has 9 nitrogen and oxygen atoms in total. The van der Waals surface area contributed by atoms with Crippen LogP contribution in [0.2, 0.25) is 0 Å². The van der Waals surface area contributed by atoms with Gasteiger partial charge in [-0.3, -0.25) is 14.5 Å². The van der Waals surface area contributed by atoms with Gasteiger partial charge in [-0.1, -0.05) is 24.3 Å². The number of thiocarbonyl (C=S) groups is 1. The second-order valence-corrected chi connectivity index (χ2v) is 9.29. The second kappa shape index (κ2) is 11.7. The number of sulfonamides is 1. The number of amides is 1. The lowest BCUT2D eigenvalue weighted by Crippen LogP contribution is -2.37. The fourth-order valence-electron chi connectivity index (χ4n) is 3.12. The largest absolute Gasteiger partial charge is 0.490 e. The third-order valence-electron chi connectivity index (χ3n) is 4.85. The summed E-state index contributed by atoms with van der Waals surface area (Å²) in [5, 5.41) is 6.26.